The van der Waals surface area contributed by atoms with Crippen LogP contribution in [-0.2, 0) is 12.8 Å². The summed E-state index contributed by atoms with van der Waals surface area (Å²) in [7, 11) is 1.85. The molecular formula is C16H29IN4S2. The summed E-state index contributed by atoms with van der Waals surface area (Å²) in [4.78, 5) is 10.2. The second-order valence-electron chi connectivity index (χ2n) is 5.55. The molecular weight excluding hydrogens is 439 g/mol. The summed E-state index contributed by atoms with van der Waals surface area (Å²) in [6.45, 7) is 5.30. The van der Waals surface area contributed by atoms with Gasteiger partial charge in [0.15, 0.2) is 5.96 Å². The molecule has 1 saturated carbocycles. The van der Waals surface area contributed by atoms with E-state index >= 15 is 0 Å². The zero-order valence-electron chi connectivity index (χ0n) is 14.3. The minimum absolute atomic E-state index is 0. The molecule has 0 aliphatic heterocycles. The van der Waals surface area contributed by atoms with E-state index in [-0.39, 0.29) is 24.0 Å². The fourth-order valence-corrected chi connectivity index (χ4v) is 4.77. The molecule has 1 aliphatic carbocycles. The van der Waals surface area contributed by atoms with E-state index in [1.807, 2.05) is 24.6 Å². The molecule has 2 atom stereocenters. The lowest BCUT2D eigenvalue weighted by Crippen LogP contribution is -2.43. The number of guanidine groups is 1. The Kier molecular flexibility index (Phi) is 10.5. The first-order chi connectivity index (χ1) is 10.7. The number of aryl methyl sites for hydroxylation is 1. The number of rotatable bonds is 7. The number of nitrogens with zero attached hydrogens (tertiary/aromatic N) is 2. The maximum atomic E-state index is 4.46. The molecule has 7 heteroatoms. The van der Waals surface area contributed by atoms with Crippen LogP contribution in [-0.4, -0.2) is 41.6 Å². The average Bonchev–Trinajstić information content (AvgIpc) is 3.16. The first-order valence-electron chi connectivity index (χ1n) is 8.27. The third kappa shape index (κ3) is 7.17. The van der Waals surface area contributed by atoms with Gasteiger partial charge in [0, 0.05) is 42.4 Å². The van der Waals surface area contributed by atoms with Gasteiger partial charge < -0.3 is 10.6 Å². The van der Waals surface area contributed by atoms with Gasteiger partial charge in [0.25, 0.3) is 0 Å². The Labute approximate surface area is 165 Å². The van der Waals surface area contributed by atoms with Gasteiger partial charge in [-0.15, -0.1) is 35.3 Å². The topological polar surface area (TPSA) is 49.3 Å². The zero-order valence-corrected chi connectivity index (χ0v) is 18.3. The summed E-state index contributed by atoms with van der Waals surface area (Å²) in [5, 5.41) is 9.01. The molecule has 4 nitrogen and oxygen atoms in total. The summed E-state index contributed by atoms with van der Waals surface area (Å²) in [5.74, 6) is 2.15. The van der Waals surface area contributed by atoms with Crippen molar-refractivity contribution in [2.45, 2.75) is 57.2 Å². The lowest BCUT2D eigenvalue weighted by molar-refractivity contribution is 0.614. The molecule has 1 fully saturated rings. The van der Waals surface area contributed by atoms with E-state index in [1.165, 1.54) is 34.9 Å². The van der Waals surface area contributed by atoms with E-state index in [0.717, 1.165) is 30.6 Å². The molecule has 0 aromatic carbocycles. The molecule has 0 saturated heterocycles. The van der Waals surface area contributed by atoms with E-state index in [1.54, 1.807) is 0 Å². The highest BCUT2D eigenvalue weighted by atomic mass is 127. The lowest BCUT2D eigenvalue weighted by atomic mass is 10.2. The number of aromatic nitrogens is 1. The average molecular weight is 468 g/mol. The fourth-order valence-electron chi connectivity index (χ4n) is 2.76. The highest BCUT2D eigenvalue weighted by molar-refractivity contribution is 14.0. The maximum Gasteiger partial charge on any atom is 0.191 e. The van der Waals surface area contributed by atoms with Crippen LogP contribution >= 0.6 is 47.1 Å². The zero-order chi connectivity index (χ0) is 15.8. The van der Waals surface area contributed by atoms with Crippen LogP contribution in [0.2, 0.25) is 0 Å². The molecule has 23 heavy (non-hydrogen) atoms. The number of thioether (sulfide) groups is 1. The van der Waals surface area contributed by atoms with Crippen molar-refractivity contribution in [1.82, 2.24) is 15.6 Å². The Bertz CT molecular complexity index is 478. The summed E-state index contributed by atoms with van der Waals surface area (Å²) in [6, 6.07) is 0.571. The van der Waals surface area contributed by atoms with Crippen molar-refractivity contribution in [1.29, 1.82) is 0 Å². The van der Waals surface area contributed by atoms with E-state index in [2.05, 4.69) is 46.2 Å². The van der Waals surface area contributed by atoms with Gasteiger partial charge >= 0.3 is 0 Å². The van der Waals surface area contributed by atoms with Gasteiger partial charge in [-0.1, -0.05) is 13.8 Å². The second kappa shape index (κ2) is 11.5. The third-order valence-corrected chi connectivity index (χ3v) is 6.37. The van der Waals surface area contributed by atoms with Crippen molar-refractivity contribution in [3.8, 4) is 0 Å². The monoisotopic (exact) mass is 468 g/mol. The second-order valence-corrected chi connectivity index (χ2v) is 8.33. The predicted molar refractivity (Wildman–Crippen MR) is 115 cm³/mol. The number of thiazole rings is 1. The molecule has 0 bridgehead atoms. The van der Waals surface area contributed by atoms with Crippen LogP contribution in [0.15, 0.2) is 11.2 Å². The number of hydrogen-bond donors (Lipinski definition) is 2. The Morgan fingerprint density at radius 3 is 2.91 bits per heavy atom. The van der Waals surface area contributed by atoms with Gasteiger partial charge in [-0.25, -0.2) is 4.98 Å². The number of hydrogen-bond acceptors (Lipinski definition) is 4. The predicted octanol–water partition coefficient (Wildman–Crippen LogP) is 3.71. The van der Waals surface area contributed by atoms with Crippen molar-refractivity contribution >= 4 is 53.0 Å². The summed E-state index contributed by atoms with van der Waals surface area (Å²) in [5.41, 5.74) is 0. The van der Waals surface area contributed by atoms with Crippen LogP contribution in [0.3, 0.4) is 0 Å². The molecule has 0 amide bonds. The van der Waals surface area contributed by atoms with Crippen molar-refractivity contribution in [3.63, 3.8) is 0 Å². The molecule has 0 spiro atoms. The van der Waals surface area contributed by atoms with Crippen molar-refractivity contribution in [3.05, 3.63) is 16.1 Å². The Hall–Kier alpha value is -0.0200. The van der Waals surface area contributed by atoms with Crippen LogP contribution in [0.25, 0.3) is 0 Å². The molecule has 0 radical (unpaired) electrons. The van der Waals surface area contributed by atoms with Gasteiger partial charge in [-0.05, 0) is 31.4 Å². The number of halogens is 1. The minimum Gasteiger partial charge on any atom is -0.356 e. The molecule has 1 aromatic rings. The molecule has 2 rings (SSSR count). The smallest absolute Gasteiger partial charge is 0.191 e. The molecule has 2 unspecified atom stereocenters. The summed E-state index contributed by atoms with van der Waals surface area (Å²) >= 11 is 3.91. The van der Waals surface area contributed by atoms with Crippen molar-refractivity contribution < 1.29 is 0 Å². The van der Waals surface area contributed by atoms with Crippen LogP contribution in [0, 0.1) is 0 Å². The van der Waals surface area contributed by atoms with E-state index < -0.39 is 0 Å². The van der Waals surface area contributed by atoms with E-state index in [4.69, 9.17) is 0 Å². The summed E-state index contributed by atoms with van der Waals surface area (Å²) in [6.07, 6.45) is 7.87. The molecule has 2 N–H and O–H groups in total. The van der Waals surface area contributed by atoms with Gasteiger partial charge in [0.1, 0.15) is 0 Å². The quantitative estimate of drug-likeness (QED) is 0.364. The van der Waals surface area contributed by atoms with Gasteiger partial charge in [0.05, 0.1) is 5.01 Å². The van der Waals surface area contributed by atoms with Crippen LogP contribution in [0.4, 0.5) is 0 Å². The molecule has 1 aromatic heterocycles. The molecule has 1 heterocycles. The number of nitrogens with one attached hydrogen (secondary N) is 2. The van der Waals surface area contributed by atoms with Gasteiger partial charge in [0.2, 0.25) is 0 Å². The third-order valence-electron chi connectivity index (χ3n) is 3.93. The standard InChI is InChI=1S/C16H28N4S2.HI/c1-4-13-11-19-15(22-13)8-9-18-16(17-3)20-12-6-7-14(10-12)21-5-2;/h11-12,14H,4-10H2,1-3H3,(H2,17,18,20);1H. The van der Waals surface area contributed by atoms with Gasteiger partial charge in [-0.3, -0.25) is 4.99 Å². The lowest BCUT2D eigenvalue weighted by Gasteiger charge is -2.17. The first kappa shape index (κ1) is 21.0. The fraction of sp³-hybridized carbons (Fsp3) is 0.750. The molecule has 1 aliphatic rings. The number of aliphatic imine (C=N–C) groups is 1. The highest BCUT2D eigenvalue weighted by Crippen LogP contribution is 2.29. The SMILES string of the molecule is CCSC1CCC(NC(=NC)NCCc2ncc(CC)s2)C1.I. The van der Waals surface area contributed by atoms with Crippen LogP contribution in [0.1, 0.15) is 43.0 Å². The maximum absolute atomic E-state index is 4.46. The van der Waals surface area contributed by atoms with Crippen molar-refractivity contribution in [2.75, 3.05) is 19.3 Å². The Morgan fingerprint density at radius 1 is 1.43 bits per heavy atom. The van der Waals surface area contributed by atoms with Gasteiger partial charge in [-0.2, -0.15) is 11.8 Å². The molecule has 132 valence electrons. The summed E-state index contributed by atoms with van der Waals surface area (Å²) < 4.78 is 0. The normalized spacial score (nSPS) is 21.1. The highest BCUT2D eigenvalue weighted by Gasteiger charge is 2.24. The largest absolute Gasteiger partial charge is 0.356 e. The van der Waals surface area contributed by atoms with E-state index in [0.29, 0.717) is 6.04 Å². The van der Waals surface area contributed by atoms with Crippen LogP contribution < -0.4 is 10.6 Å². The Balaban J connectivity index is 0.00000264. The van der Waals surface area contributed by atoms with Crippen molar-refractivity contribution in [2.24, 2.45) is 4.99 Å². The first-order valence-corrected chi connectivity index (χ1v) is 10.1. The minimum atomic E-state index is 0. The van der Waals surface area contributed by atoms with Crippen LogP contribution in [0.5, 0.6) is 0 Å². The van der Waals surface area contributed by atoms with E-state index in [9.17, 15) is 0 Å². The Morgan fingerprint density at radius 2 is 2.26 bits per heavy atom.